The van der Waals surface area contributed by atoms with Gasteiger partial charge in [0.25, 0.3) is 11.8 Å². The molecule has 1 aromatic rings. The quantitative estimate of drug-likeness (QED) is 0.393. The Hall–Kier alpha value is -3.06. The molecule has 4 amide bonds. The van der Waals surface area contributed by atoms with Crippen molar-refractivity contribution in [3.05, 3.63) is 24.3 Å². The zero-order valence-corrected chi connectivity index (χ0v) is 16.4. The molecule has 0 unspecified atom stereocenters. The number of para-hydroxylation sites is 1. The van der Waals surface area contributed by atoms with Gasteiger partial charge in [-0.1, -0.05) is 25.0 Å². The minimum absolute atomic E-state index is 0.231. The van der Waals surface area contributed by atoms with Crippen molar-refractivity contribution in [2.24, 2.45) is 0 Å². The minimum Gasteiger partial charge on any atom is -0.454 e. The summed E-state index contributed by atoms with van der Waals surface area (Å²) in [5.74, 6) is -1.58. The predicted octanol–water partition coefficient (Wildman–Crippen LogP) is 1.65. The van der Waals surface area contributed by atoms with Crippen LogP contribution in [0.5, 0.6) is 0 Å². The first-order valence-electron chi connectivity index (χ1n) is 9.13. The van der Waals surface area contributed by atoms with Crippen molar-refractivity contribution in [2.75, 3.05) is 24.2 Å². The van der Waals surface area contributed by atoms with E-state index >= 15 is 0 Å². The van der Waals surface area contributed by atoms with E-state index in [0.29, 0.717) is 18.5 Å². The first-order valence-corrected chi connectivity index (χ1v) is 10.1. The van der Waals surface area contributed by atoms with Crippen LogP contribution in [-0.4, -0.2) is 53.2 Å². The monoisotopic (exact) mass is 416 g/mol. The summed E-state index contributed by atoms with van der Waals surface area (Å²) in [6.07, 6.45) is 2.82. The van der Waals surface area contributed by atoms with Gasteiger partial charge in [0.1, 0.15) is 12.1 Å². The number of amides is 4. The predicted molar refractivity (Wildman–Crippen MR) is 104 cm³/mol. The van der Waals surface area contributed by atoms with Crippen molar-refractivity contribution in [1.82, 2.24) is 10.2 Å². The summed E-state index contributed by atoms with van der Waals surface area (Å²) in [6, 6.07) is 8.35. The number of benzene rings is 1. The standard InChI is InChI=1S/C19H20N4O5S/c20-9-10-29-14-6-2-1-5-13(14)21-15(24)12-28-16(25)11-23-17(26)19(22-18(23)27)7-3-4-8-19/h1-2,5-6H,3-4,7-8,10-12H2,(H,21,24)(H,22,27). The lowest BCUT2D eigenvalue weighted by atomic mass is 9.98. The third kappa shape index (κ3) is 4.68. The van der Waals surface area contributed by atoms with Gasteiger partial charge in [-0.3, -0.25) is 19.3 Å². The molecule has 2 aliphatic rings. The van der Waals surface area contributed by atoms with Crippen molar-refractivity contribution in [2.45, 2.75) is 36.1 Å². The molecule has 29 heavy (non-hydrogen) atoms. The third-order valence-corrected chi connectivity index (χ3v) is 5.75. The Labute approximate surface area is 171 Å². The first kappa shape index (κ1) is 20.7. The van der Waals surface area contributed by atoms with Gasteiger partial charge < -0.3 is 15.4 Å². The van der Waals surface area contributed by atoms with E-state index in [-0.39, 0.29) is 5.75 Å². The van der Waals surface area contributed by atoms with Crippen LogP contribution >= 0.6 is 11.8 Å². The van der Waals surface area contributed by atoms with Gasteiger partial charge in [0.2, 0.25) is 0 Å². The molecular formula is C19H20N4O5S. The van der Waals surface area contributed by atoms with Crippen LogP contribution in [0.3, 0.4) is 0 Å². The molecule has 0 aromatic heterocycles. The molecule has 3 rings (SSSR count). The highest BCUT2D eigenvalue weighted by Gasteiger charge is 2.52. The van der Waals surface area contributed by atoms with Gasteiger partial charge in [-0.25, -0.2) is 4.79 Å². The Bertz CT molecular complexity index is 876. The van der Waals surface area contributed by atoms with E-state index in [2.05, 4.69) is 10.6 Å². The maximum absolute atomic E-state index is 12.5. The van der Waals surface area contributed by atoms with E-state index in [1.807, 2.05) is 6.07 Å². The van der Waals surface area contributed by atoms with Gasteiger partial charge >= 0.3 is 12.0 Å². The van der Waals surface area contributed by atoms with Crippen LogP contribution in [0.25, 0.3) is 0 Å². The van der Waals surface area contributed by atoms with Crippen LogP contribution in [0.15, 0.2) is 29.2 Å². The van der Waals surface area contributed by atoms with E-state index in [0.717, 1.165) is 22.6 Å². The van der Waals surface area contributed by atoms with Crippen LogP contribution in [0.2, 0.25) is 0 Å². The number of thioether (sulfide) groups is 1. The van der Waals surface area contributed by atoms with Gasteiger partial charge in [0, 0.05) is 4.90 Å². The molecule has 1 heterocycles. The van der Waals surface area contributed by atoms with Gasteiger partial charge in [-0.05, 0) is 25.0 Å². The van der Waals surface area contributed by atoms with Crippen molar-refractivity contribution < 1.29 is 23.9 Å². The van der Waals surface area contributed by atoms with E-state index in [1.165, 1.54) is 11.8 Å². The fourth-order valence-electron chi connectivity index (χ4n) is 3.45. The number of urea groups is 1. The fourth-order valence-corrected chi connectivity index (χ4v) is 4.12. The summed E-state index contributed by atoms with van der Waals surface area (Å²) in [5, 5.41) is 14.0. The molecule has 0 atom stereocenters. The number of hydrogen-bond acceptors (Lipinski definition) is 7. The summed E-state index contributed by atoms with van der Waals surface area (Å²) >= 11 is 1.27. The molecular weight excluding hydrogens is 396 g/mol. The average Bonchev–Trinajstić information content (AvgIpc) is 3.26. The smallest absolute Gasteiger partial charge is 0.326 e. The number of rotatable bonds is 7. The molecule has 10 heteroatoms. The van der Waals surface area contributed by atoms with Crippen molar-refractivity contribution in [3.63, 3.8) is 0 Å². The second-order valence-electron chi connectivity index (χ2n) is 6.76. The summed E-state index contributed by atoms with van der Waals surface area (Å²) in [4.78, 5) is 50.3. The van der Waals surface area contributed by atoms with Crippen LogP contribution in [0.1, 0.15) is 25.7 Å². The number of anilines is 1. The number of esters is 1. The van der Waals surface area contributed by atoms with Crippen LogP contribution in [0.4, 0.5) is 10.5 Å². The molecule has 0 bridgehead atoms. The van der Waals surface area contributed by atoms with Crippen LogP contribution in [-0.2, 0) is 19.1 Å². The van der Waals surface area contributed by atoms with Crippen LogP contribution < -0.4 is 10.6 Å². The largest absolute Gasteiger partial charge is 0.454 e. The molecule has 9 nitrogen and oxygen atoms in total. The zero-order valence-electron chi connectivity index (χ0n) is 15.6. The molecule has 1 aliphatic heterocycles. The maximum atomic E-state index is 12.5. The molecule has 1 spiro atoms. The van der Waals surface area contributed by atoms with E-state index in [9.17, 15) is 19.2 Å². The van der Waals surface area contributed by atoms with Crippen molar-refractivity contribution in [1.29, 1.82) is 5.26 Å². The Balaban J connectivity index is 1.50. The highest BCUT2D eigenvalue weighted by atomic mass is 32.2. The molecule has 1 aromatic carbocycles. The summed E-state index contributed by atoms with van der Waals surface area (Å²) in [5.41, 5.74) is -0.384. The Morgan fingerprint density at radius 2 is 2.00 bits per heavy atom. The number of nitrogens with one attached hydrogen (secondary N) is 2. The molecule has 1 saturated carbocycles. The SMILES string of the molecule is N#CCSc1ccccc1NC(=O)COC(=O)CN1C(=O)NC2(CCCC2)C1=O. The highest BCUT2D eigenvalue weighted by molar-refractivity contribution is 7.99. The van der Waals surface area contributed by atoms with Gasteiger partial charge in [0.05, 0.1) is 17.5 Å². The van der Waals surface area contributed by atoms with E-state index in [4.69, 9.17) is 10.00 Å². The summed E-state index contributed by atoms with van der Waals surface area (Å²) in [6.45, 7) is -1.08. The lowest BCUT2D eigenvalue weighted by molar-refractivity contribution is -0.150. The third-order valence-electron chi connectivity index (χ3n) is 4.81. The lowest BCUT2D eigenvalue weighted by Crippen LogP contribution is -2.44. The Morgan fingerprint density at radius 3 is 2.72 bits per heavy atom. The number of hydrogen-bond donors (Lipinski definition) is 2. The number of carbonyl (C=O) groups is 4. The molecule has 0 radical (unpaired) electrons. The number of imide groups is 1. The second-order valence-corrected chi connectivity index (χ2v) is 7.78. The minimum atomic E-state index is -0.889. The Morgan fingerprint density at radius 1 is 1.28 bits per heavy atom. The molecule has 1 aliphatic carbocycles. The molecule has 2 fully saturated rings. The highest BCUT2D eigenvalue weighted by Crippen LogP contribution is 2.34. The van der Waals surface area contributed by atoms with Gasteiger partial charge in [-0.2, -0.15) is 5.26 Å². The summed E-state index contributed by atoms with van der Waals surface area (Å²) < 4.78 is 4.92. The normalized spacial score (nSPS) is 17.1. The molecule has 2 N–H and O–H groups in total. The molecule has 152 valence electrons. The average molecular weight is 416 g/mol. The van der Waals surface area contributed by atoms with E-state index < -0.39 is 42.5 Å². The molecule has 1 saturated heterocycles. The topological polar surface area (TPSA) is 129 Å². The van der Waals surface area contributed by atoms with Gasteiger partial charge in [-0.15, -0.1) is 11.8 Å². The number of carbonyl (C=O) groups excluding carboxylic acids is 4. The first-order chi connectivity index (χ1) is 13.9. The fraction of sp³-hybridized carbons (Fsp3) is 0.421. The van der Waals surface area contributed by atoms with E-state index in [1.54, 1.807) is 24.3 Å². The number of nitrogens with zero attached hydrogens (tertiary/aromatic N) is 2. The van der Waals surface area contributed by atoms with Crippen molar-refractivity contribution >= 4 is 41.3 Å². The number of nitriles is 1. The Kier molecular flexibility index (Phi) is 6.39. The number of ether oxygens (including phenoxy) is 1. The zero-order chi connectivity index (χ0) is 20.9. The van der Waals surface area contributed by atoms with Gasteiger partial charge in [0.15, 0.2) is 6.61 Å². The van der Waals surface area contributed by atoms with Crippen molar-refractivity contribution in [3.8, 4) is 6.07 Å². The maximum Gasteiger partial charge on any atom is 0.326 e. The van der Waals surface area contributed by atoms with Crippen LogP contribution in [0, 0.1) is 11.3 Å². The second kappa shape index (κ2) is 8.96. The lowest BCUT2D eigenvalue weighted by Gasteiger charge is -2.19. The summed E-state index contributed by atoms with van der Waals surface area (Å²) in [7, 11) is 0.